The molecule has 0 unspecified atom stereocenters. The molecule has 108 valence electrons. The number of anilines is 2. The highest BCUT2D eigenvalue weighted by molar-refractivity contribution is 5.97. The summed E-state index contributed by atoms with van der Waals surface area (Å²) >= 11 is 0. The quantitative estimate of drug-likeness (QED) is 0.481. The van der Waals surface area contributed by atoms with Crippen molar-refractivity contribution in [1.82, 2.24) is 0 Å². The number of aliphatic hydroxyl groups is 1. The fraction of sp³-hybridized carbons (Fsp3) is 0.385. The number of benzene rings is 1. The van der Waals surface area contributed by atoms with Crippen LogP contribution in [0.2, 0.25) is 0 Å². The van der Waals surface area contributed by atoms with Crippen LogP contribution >= 0.6 is 0 Å². The zero-order chi connectivity index (χ0) is 14.8. The number of rotatable bonds is 4. The SMILES string of the molecule is CC(C)(O)CNc1cc2c(cc1N=CN)NC(=O)CO2. The number of hydrogen-bond donors (Lipinski definition) is 4. The number of hydrogen-bond acceptors (Lipinski definition) is 5. The average Bonchev–Trinajstić information content (AvgIpc) is 2.35. The zero-order valence-electron chi connectivity index (χ0n) is 11.4. The van der Waals surface area contributed by atoms with Crippen LogP contribution in [0.1, 0.15) is 13.8 Å². The summed E-state index contributed by atoms with van der Waals surface area (Å²) < 4.78 is 5.34. The first-order chi connectivity index (χ1) is 9.39. The van der Waals surface area contributed by atoms with E-state index >= 15 is 0 Å². The Balaban J connectivity index is 2.32. The van der Waals surface area contributed by atoms with Crippen molar-refractivity contribution in [2.24, 2.45) is 10.7 Å². The first-order valence-corrected chi connectivity index (χ1v) is 6.20. The normalized spacial score (nSPS) is 14.7. The van der Waals surface area contributed by atoms with E-state index in [1.807, 2.05) is 0 Å². The summed E-state index contributed by atoms with van der Waals surface area (Å²) in [5.41, 5.74) is 6.24. The van der Waals surface area contributed by atoms with E-state index in [1.165, 1.54) is 6.34 Å². The fourth-order valence-electron chi connectivity index (χ4n) is 1.76. The monoisotopic (exact) mass is 278 g/mol. The molecule has 2 rings (SSSR count). The average molecular weight is 278 g/mol. The number of aliphatic imine (C=N–C) groups is 1. The Morgan fingerprint density at radius 3 is 3.00 bits per heavy atom. The van der Waals surface area contributed by atoms with Gasteiger partial charge in [0.25, 0.3) is 5.91 Å². The van der Waals surface area contributed by atoms with Gasteiger partial charge in [0.1, 0.15) is 5.75 Å². The summed E-state index contributed by atoms with van der Waals surface area (Å²) in [6.45, 7) is 3.71. The van der Waals surface area contributed by atoms with Gasteiger partial charge in [-0.25, -0.2) is 4.99 Å². The standard InChI is InChI=1S/C13H18N4O3/c1-13(2,19)6-15-9-4-11-10(3-8(9)16-7-14)17-12(18)5-20-11/h3-4,7,15,19H,5-6H2,1-2H3,(H2,14,16)(H,17,18). The van der Waals surface area contributed by atoms with E-state index in [-0.39, 0.29) is 12.5 Å². The molecule has 0 atom stereocenters. The van der Waals surface area contributed by atoms with Crippen molar-refractivity contribution >= 4 is 29.3 Å². The van der Waals surface area contributed by atoms with Gasteiger partial charge in [0, 0.05) is 12.6 Å². The van der Waals surface area contributed by atoms with Crippen molar-refractivity contribution in [3.8, 4) is 5.75 Å². The van der Waals surface area contributed by atoms with Crippen molar-refractivity contribution in [3.05, 3.63) is 12.1 Å². The fourth-order valence-corrected chi connectivity index (χ4v) is 1.76. The minimum Gasteiger partial charge on any atom is -0.482 e. The lowest BCUT2D eigenvalue weighted by molar-refractivity contribution is -0.118. The Labute approximate surface area is 116 Å². The molecule has 0 fully saturated rings. The number of nitrogens with two attached hydrogens (primary N) is 1. The number of fused-ring (bicyclic) bond motifs is 1. The summed E-state index contributed by atoms with van der Waals surface area (Å²) in [5.74, 6) is 0.344. The predicted octanol–water partition coefficient (Wildman–Crippen LogP) is 0.819. The van der Waals surface area contributed by atoms with Gasteiger partial charge in [0.2, 0.25) is 0 Å². The Bertz CT molecular complexity index is 549. The number of nitrogens with one attached hydrogen (secondary N) is 2. The lowest BCUT2D eigenvalue weighted by Crippen LogP contribution is -2.29. The number of amides is 1. The topological polar surface area (TPSA) is 109 Å². The van der Waals surface area contributed by atoms with Gasteiger partial charge in [-0.2, -0.15) is 0 Å². The Morgan fingerprint density at radius 1 is 1.60 bits per heavy atom. The Kier molecular flexibility index (Phi) is 3.80. The van der Waals surface area contributed by atoms with Crippen molar-refractivity contribution in [3.63, 3.8) is 0 Å². The maximum absolute atomic E-state index is 11.3. The van der Waals surface area contributed by atoms with Crippen LogP contribution in [0.4, 0.5) is 17.1 Å². The van der Waals surface area contributed by atoms with Crippen LogP contribution in [0.25, 0.3) is 0 Å². The number of carbonyl (C=O) groups excluding carboxylic acids is 1. The van der Waals surface area contributed by atoms with Crippen LogP contribution in [-0.4, -0.2) is 36.1 Å². The summed E-state index contributed by atoms with van der Waals surface area (Å²) in [4.78, 5) is 15.3. The van der Waals surface area contributed by atoms with Crippen LogP contribution in [0, 0.1) is 0 Å². The number of nitrogens with zero attached hydrogens (tertiary/aromatic N) is 1. The smallest absolute Gasteiger partial charge is 0.262 e. The molecule has 1 aromatic rings. The van der Waals surface area contributed by atoms with Crippen LogP contribution in [0.5, 0.6) is 5.75 Å². The van der Waals surface area contributed by atoms with Crippen molar-refractivity contribution < 1.29 is 14.6 Å². The highest BCUT2D eigenvalue weighted by Crippen LogP contribution is 2.38. The molecule has 0 radical (unpaired) electrons. The highest BCUT2D eigenvalue weighted by atomic mass is 16.5. The molecule has 20 heavy (non-hydrogen) atoms. The van der Waals surface area contributed by atoms with Gasteiger partial charge in [-0.3, -0.25) is 4.79 Å². The largest absolute Gasteiger partial charge is 0.482 e. The molecular weight excluding hydrogens is 260 g/mol. The molecule has 1 heterocycles. The molecule has 1 aromatic carbocycles. The maximum atomic E-state index is 11.3. The first kappa shape index (κ1) is 14.1. The molecule has 7 nitrogen and oxygen atoms in total. The molecule has 0 aliphatic carbocycles. The Hall–Kier alpha value is -2.28. The van der Waals surface area contributed by atoms with Crippen LogP contribution in [-0.2, 0) is 4.79 Å². The maximum Gasteiger partial charge on any atom is 0.262 e. The van der Waals surface area contributed by atoms with E-state index in [4.69, 9.17) is 10.5 Å². The molecule has 0 aromatic heterocycles. The first-order valence-electron chi connectivity index (χ1n) is 6.20. The molecule has 1 amide bonds. The highest BCUT2D eigenvalue weighted by Gasteiger charge is 2.19. The van der Waals surface area contributed by atoms with Crippen LogP contribution < -0.4 is 21.1 Å². The second-order valence-corrected chi connectivity index (χ2v) is 5.15. The molecule has 7 heteroatoms. The van der Waals surface area contributed by atoms with Crippen molar-refractivity contribution in [2.75, 3.05) is 23.8 Å². The Morgan fingerprint density at radius 2 is 2.35 bits per heavy atom. The van der Waals surface area contributed by atoms with Gasteiger partial charge in [-0.05, 0) is 19.9 Å². The van der Waals surface area contributed by atoms with Gasteiger partial charge in [0.05, 0.1) is 29.0 Å². The molecule has 1 aliphatic rings. The molecule has 0 spiro atoms. The van der Waals surface area contributed by atoms with Crippen LogP contribution in [0.3, 0.4) is 0 Å². The number of carbonyl (C=O) groups is 1. The summed E-state index contributed by atoms with van der Waals surface area (Å²) in [5, 5.41) is 15.5. The zero-order valence-corrected chi connectivity index (χ0v) is 11.4. The van der Waals surface area contributed by atoms with E-state index in [2.05, 4.69) is 15.6 Å². The molecule has 1 aliphatic heterocycles. The van der Waals surface area contributed by atoms with Gasteiger partial charge < -0.3 is 26.2 Å². The molecular formula is C13H18N4O3. The summed E-state index contributed by atoms with van der Waals surface area (Å²) in [6.07, 6.45) is 1.17. The molecule has 0 bridgehead atoms. The third-order valence-electron chi connectivity index (χ3n) is 2.66. The third-order valence-corrected chi connectivity index (χ3v) is 2.66. The van der Waals surface area contributed by atoms with Gasteiger partial charge in [-0.15, -0.1) is 0 Å². The second kappa shape index (κ2) is 5.38. The van der Waals surface area contributed by atoms with Gasteiger partial charge >= 0.3 is 0 Å². The van der Waals surface area contributed by atoms with E-state index in [1.54, 1.807) is 26.0 Å². The van der Waals surface area contributed by atoms with E-state index in [9.17, 15) is 9.90 Å². The number of ether oxygens (including phenoxy) is 1. The van der Waals surface area contributed by atoms with E-state index in [0.29, 0.717) is 29.4 Å². The van der Waals surface area contributed by atoms with Crippen molar-refractivity contribution in [1.29, 1.82) is 0 Å². The third kappa shape index (κ3) is 3.39. The summed E-state index contributed by atoms with van der Waals surface area (Å²) in [7, 11) is 0. The van der Waals surface area contributed by atoms with Gasteiger partial charge in [-0.1, -0.05) is 0 Å². The van der Waals surface area contributed by atoms with E-state index in [0.717, 1.165) is 0 Å². The molecule has 0 saturated heterocycles. The van der Waals surface area contributed by atoms with Gasteiger partial charge in [0.15, 0.2) is 6.61 Å². The molecule has 0 saturated carbocycles. The van der Waals surface area contributed by atoms with Crippen molar-refractivity contribution in [2.45, 2.75) is 19.4 Å². The lowest BCUT2D eigenvalue weighted by atomic mass is 10.1. The lowest BCUT2D eigenvalue weighted by Gasteiger charge is -2.22. The second-order valence-electron chi connectivity index (χ2n) is 5.15. The summed E-state index contributed by atoms with van der Waals surface area (Å²) in [6, 6.07) is 3.39. The van der Waals surface area contributed by atoms with E-state index < -0.39 is 5.60 Å². The molecule has 5 N–H and O–H groups in total. The van der Waals surface area contributed by atoms with Crippen LogP contribution in [0.15, 0.2) is 17.1 Å². The minimum atomic E-state index is -0.866. The predicted molar refractivity (Wildman–Crippen MR) is 77.7 cm³/mol. The minimum absolute atomic E-state index is 0.0164.